The van der Waals surface area contributed by atoms with Crippen molar-refractivity contribution in [1.29, 1.82) is 0 Å². The van der Waals surface area contributed by atoms with Crippen molar-refractivity contribution in [2.45, 2.75) is 6.29 Å². The van der Waals surface area contributed by atoms with Gasteiger partial charge in [0.15, 0.2) is 6.29 Å². The number of rotatable bonds is 5. The summed E-state index contributed by atoms with van der Waals surface area (Å²) < 4.78 is 9.83. The first-order valence-electron chi connectivity index (χ1n) is 4.37. The quantitative estimate of drug-likeness (QED) is 0.684. The first-order valence-corrected chi connectivity index (χ1v) is 4.37. The molecule has 15 heavy (non-hydrogen) atoms. The maximum Gasteiger partial charge on any atom is 0.271 e. The largest absolute Gasteiger partial charge is 0.354 e. The lowest BCUT2D eigenvalue weighted by Gasteiger charge is -2.13. The molecule has 0 atom stereocenters. The molecule has 6 heteroatoms. The van der Waals surface area contributed by atoms with Crippen LogP contribution in [0.1, 0.15) is 10.5 Å². The number of carbonyl (C=O) groups is 1. The summed E-state index contributed by atoms with van der Waals surface area (Å²) in [5, 5.41) is 2.61. The highest BCUT2D eigenvalue weighted by molar-refractivity contribution is 5.91. The third kappa shape index (κ3) is 3.61. The third-order valence-corrected chi connectivity index (χ3v) is 1.75. The van der Waals surface area contributed by atoms with Crippen molar-refractivity contribution in [3.8, 4) is 0 Å². The average Bonchev–Trinajstić information content (AvgIpc) is 2.31. The third-order valence-electron chi connectivity index (χ3n) is 1.75. The predicted molar refractivity (Wildman–Crippen MR) is 52.2 cm³/mol. The van der Waals surface area contributed by atoms with Gasteiger partial charge in [-0.2, -0.15) is 0 Å². The Morgan fingerprint density at radius 2 is 2.20 bits per heavy atom. The SMILES string of the molecule is COC(CNC(=O)c1cnccn1)OC. The minimum atomic E-state index is -0.453. The average molecular weight is 211 g/mol. The molecule has 82 valence electrons. The molecule has 1 rings (SSSR count). The van der Waals surface area contributed by atoms with E-state index in [1.807, 2.05) is 0 Å². The van der Waals surface area contributed by atoms with Crippen LogP contribution in [0.25, 0.3) is 0 Å². The Kier molecular flexibility index (Phi) is 4.65. The molecule has 1 aromatic heterocycles. The molecule has 0 aliphatic heterocycles. The zero-order valence-electron chi connectivity index (χ0n) is 8.64. The summed E-state index contributed by atoms with van der Waals surface area (Å²) in [5.74, 6) is -0.304. The Morgan fingerprint density at radius 1 is 1.47 bits per heavy atom. The lowest BCUT2D eigenvalue weighted by Crippen LogP contribution is -2.34. The van der Waals surface area contributed by atoms with Crippen molar-refractivity contribution >= 4 is 5.91 Å². The molecule has 0 radical (unpaired) electrons. The van der Waals surface area contributed by atoms with Crippen LogP contribution in [0, 0.1) is 0 Å². The molecule has 0 saturated heterocycles. The molecule has 0 unspecified atom stereocenters. The van der Waals surface area contributed by atoms with E-state index in [2.05, 4.69) is 15.3 Å². The molecule has 0 bridgehead atoms. The van der Waals surface area contributed by atoms with Gasteiger partial charge in [-0.3, -0.25) is 9.78 Å². The van der Waals surface area contributed by atoms with Crippen molar-refractivity contribution < 1.29 is 14.3 Å². The molecule has 0 aliphatic rings. The highest BCUT2D eigenvalue weighted by Crippen LogP contribution is 1.92. The zero-order chi connectivity index (χ0) is 11.1. The fourth-order valence-corrected chi connectivity index (χ4v) is 0.946. The minimum Gasteiger partial charge on any atom is -0.354 e. The van der Waals surface area contributed by atoms with E-state index in [9.17, 15) is 4.79 Å². The van der Waals surface area contributed by atoms with Crippen LogP contribution in [0.3, 0.4) is 0 Å². The maximum absolute atomic E-state index is 11.5. The van der Waals surface area contributed by atoms with Gasteiger partial charge in [0.05, 0.1) is 12.7 Å². The van der Waals surface area contributed by atoms with Crippen molar-refractivity contribution in [3.63, 3.8) is 0 Å². The van der Waals surface area contributed by atoms with Gasteiger partial charge in [0.1, 0.15) is 5.69 Å². The van der Waals surface area contributed by atoms with Crippen LogP contribution in [-0.2, 0) is 9.47 Å². The highest BCUT2D eigenvalue weighted by Gasteiger charge is 2.10. The summed E-state index contributed by atoms with van der Waals surface area (Å²) in [6, 6.07) is 0. The van der Waals surface area contributed by atoms with Gasteiger partial charge >= 0.3 is 0 Å². The summed E-state index contributed by atoms with van der Waals surface area (Å²) in [5.41, 5.74) is 0.267. The summed E-state index contributed by atoms with van der Waals surface area (Å²) in [4.78, 5) is 19.1. The standard InChI is InChI=1S/C9H13N3O3/c1-14-8(15-2)6-12-9(13)7-5-10-3-4-11-7/h3-5,8H,6H2,1-2H3,(H,12,13). The molecule has 0 fully saturated rings. The molecule has 1 heterocycles. The Morgan fingerprint density at radius 3 is 2.73 bits per heavy atom. The van der Waals surface area contributed by atoms with Crippen LogP contribution in [0.15, 0.2) is 18.6 Å². The number of hydrogen-bond acceptors (Lipinski definition) is 5. The van der Waals surface area contributed by atoms with Crippen LogP contribution in [0.4, 0.5) is 0 Å². The molecule has 1 amide bonds. The van der Waals surface area contributed by atoms with E-state index in [1.54, 1.807) is 0 Å². The Labute approximate surface area is 87.6 Å². The van der Waals surface area contributed by atoms with Crippen LogP contribution in [0.5, 0.6) is 0 Å². The number of nitrogens with zero attached hydrogens (tertiary/aromatic N) is 2. The van der Waals surface area contributed by atoms with E-state index in [1.165, 1.54) is 32.8 Å². The van der Waals surface area contributed by atoms with Crippen molar-refractivity contribution in [2.75, 3.05) is 20.8 Å². The van der Waals surface area contributed by atoms with Crippen molar-refractivity contribution in [1.82, 2.24) is 15.3 Å². The van der Waals surface area contributed by atoms with E-state index in [0.717, 1.165) is 0 Å². The molecule has 1 aromatic rings. The normalized spacial score (nSPS) is 10.3. The summed E-state index contributed by atoms with van der Waals surface area (Å²) in [6.07, 6.45) is 3.90. The molecule has 0 spiro atoms. The van der Waals surface area contributed by atoms with Crippen LogP contribution in [-0.4, -0.2) is 42.9 Å². The molecular formula is C9H13N3O3. The van der Waals surface area contributed by atoms with E-state index in [-0.39, 0.29) is 18.1 Å². The maximum atomic E-state index is 11.5. The van der Waals surface area contributed by atoms with Crippen LogP contribution in [0.2, 0.25) is 0 Å². The number of aromatic nitrogens is 2. The number of nitrogens with one attached hydrogen (secondary N) is 1. The second kappa shape index (κ2) is 6.05. The smallest absolute Gasteiger partial charge is 0.271 e. The summed E-state index contributed by atoms with van der Waals surface area (Å²) in [7, 11) is 3.01. The van der Waals surface area contributed by atoms with Crippen LogP contribution >= 0.6 is 0 Å². The molecule has 0 aromatic carbocycles. The summed E-state index contributed by atoms with van der Waals surface area (Å²) >= 11 is 0. The number of amides is 1. The number of methoxy groups -OCH3 is 2. The van der Waals surface area contributed by atoms with Gasteiger partial charge in [0, 0.05) is 26.6 Å². The lowest BCUT2D eigenvalue weighted by atomic mass is 10.4. The van der Waals surface area contributed by atoms with Gasteiger partial charge in [-0.15, -0.1) is 0 Å². The summed E-state index contributed by atoms with van der Waals surface area (Å²) in [6.45, 7) is 0.266. The molecule has 0 aliphatic carbocycles. The highest BCUT2D eigenvalue weighted by atomic mass is 16.7. The molecule has 0 saturated carbocycles. The number of ether oxygens (including phenoxy) is 2. The Balaban J connectivity index is 2.43. The van der Waals surface area contributed by atoms with Gasteiger partial charge < -0.3 is 14.8 Å². The van der Waals surface area contributed by atoms with E-state index >= 15 is 0 Å². The van der Waals surface area contributed by atoms with Gasteiger partial charge in [-0.25, -0.2) is 4.98 Å². The zero-order valence-corrected chi connectivity index (χ0v) is 8.64. The van der Waals surface area contributed by atoms with Crippen molar-refractivity contribution in [2.24, 2.45) is 0 Å². The lowest BCUT2D eigenvalue weighted by molar-refractivity contribution is -0.0974. The van der Waals surface area contributed by atoms with Gasteiger partial charge in [0.2, 0.25) is 0 Å². The van der Waals surface area contributed by atoms with Crippen molar-refractivity contribution in [3.05, 3.63) is 24.3 Å². The minimum absolute atomic E-state index is 0.266. The number of hydrogen-bond donors (Lipinski definition) is 1. The molecular weight excluding hydrogens is 198 g/mol. The first-order chi connectivity index (χ1) is 7.27. The topological polar surface area (TPSA) is 73.3 Å². The van der Waals surface area contributed by atoms with Gasteiger partial charge in [0.25, 0.3) is 5.91 Å². The van der Waals surface area contributed by atoms with Gasteiger partial charge in [-0.1, -0.05) is 0 Å². The van der Waals surface area contributed by atoms with Crippen LogP contribution < -0.4 is 5.32 Å². The van der Waals surface area contributed by atoms with E-state index < -0.39 is 6.29 Å². The monoisotopic (exact) mass is 211 g/mol. The second-order valence-electron chi connectivity index (χ2n) is 2.70. The van der Waals surface area contributed by atoms with E-state index in [4.69, 9.17) is 9.47 Å². The number of carbonyl (C=O) groups excluding carboxylic acids is 1. The molecule has 1 N–H and O–H groups in total. The first kappa shape index (κ1) is 11.5. The Bertz CT molecular complexity index is 301. The fourth-order valence-electron chi connectivity index (χ4n) is 0.946. The molecule has 6 nitrogen and oxygen atoms in total. The predicted octanol–water partition coefficient (Wildman–Crippen LogP) is -0.175. The van der Waals surface area contributed by atoms with Gasteiger partial charge in [-0.05, 0) is 0 Å². The second-order valence-corrected chi connectivity index (χ2v) is 2.70. The Hall–Kier alpha value is -1.53. The fraction of sp³-hybridized carbons (Fsp3) is 0.444. The van der Waals surface area contributed by atoms with E-state index in [0.29, 0.717) is 0 Å².